The summed E-state index contributed by atoms with van der Waals surface area (Å²) in [4.78, 5) is 4.51. The number of rotatable bonds is 5. The van der Waals surface area contributed by atoms with Crippen molar-refractivity contribution in [1.29, 1.82) is 0 Å². The van der Waals surface area contributed by atoms with Crippen LogP contribution in [0.5, 0.6) is 23.0 Å². The van der Waals surface area contributed by atoms with Gasteiger partial charge in [-0.3, -0.25) is 0 Å². The Morgan fingerprint density at radius 1 is 0.889 bits per heavy atom. The lowest BCUT2D eigenvalue weighted by Crippen LogP contribution is -2.32. The Hall–Kier alpha value is -4.46. The van der Waals surface area contributed by atoms with Gasteiger partial charge in [-0.05, 0) is 48.9 Å². The van der Waals surface area contributed by atoms with Gasteiger partial charge in [-0.15, -0.1) is 0 Å². The topological polar surface area (TPSA) is 79.7 Å². The number of nitrogens with zero attached hydrogens (tertiary/aromatic N) is 3. The second-order valence-corrected chi connectivity index (χ2v) is 8.77. The minimum atomic E-state index is -0.420. The highest BCUT2D eigenvalue weighted by Gasteiger charge is 2.41. The molecule has 0 saturated heterocycles. The molecular weight excluding hydrogens is 456 g/mol. The van der Waals surface area contributed by atoms with E-state index in [1.807, 2.05) is 47.1 Å². The molecule has 1 aromatic heterocycles. The van der Waals surface area contributed by atoms with Crippen molar-refractivity contribution in [3.05, 3.63) is 94.8 Å². The zero-order chi connectivity index (χ0) is 24.8. The van der Waals surface area contributed by atoms with E-state index in [9.17, 15) is 0 Å². The third-order valence-corrected chi connectivity index (χ3v) is 6.69. The smallest absolute Gasteiger partial charge is 0.226 e. The second kappa shape index (κ2) is 8.64. The molecule has 8 heteroatoms. The third kappa shape index (κ3) is 3.45. The molecule has 2 aliphatic heterocycles. The first-order valence-electron chi connectivity index (χ1n) is 11.7. The van der Waals surface area contributed by atoms with Crippen LogP contribution in [0, 0.1) is 6.92 Å². The predicted molar refractivity (Wildman–Crippen MR) is 136 cm³/mol. The summed E-state index contributed by atoms with van der Waals surface area (Å²) in [6.45, 7) is 2.08. The van der Waals surface area contributed by atoms with Gasteiger partial charge in [0.2, 0.25) is 5.95 Å². The number of ether oxygens (including phenoxy) is 4. The average Bonchev–Trinajstić information content (AvgIpc) is 3.39. The zero-order valence-electron chi connectivity index (χ0n) is 20.5. The number of benzene rings is 3. The molecule has 0 bridgehead atoms. The van der Waals surface area contributed by atoms with Crippen LogP contribution in [0.4, 0.5) is 5.95 Å². The number of nitrogens with one attached hydrogen (secondary N) is 1. The molecule has 1 N–H and O–H groups in total. The van der Waals surface area contributed by atoms with Gasteiger partial charge in [0.1, 0.15) is 30.0 Å². The Balaban J connectivity index is 1.62. The number of aryl methyl sites for hydroxylation is 1. The number of hydrogen-bond donors (Lipinski definition) is 1. The monoisotopic (exact) mass is 482 g/mol. The predicted octanol–water partition coefficient (Wildman–Crippen LogP) is 5.17. The summed E-state index contributed by atoms with van der Waals surface area (Å²) in [7, 11) is 4.93. The maximum absolute atomic E-state index is 6.73. The van der Waals surface area contributed by atoms with Gasteiger partial charge in [-0.1, -0.05) is 29.8 Å². The van der Waals surface area contributed by atoms with E-state index >= 15 is 0 Å². The maximum Gasteiger partial charge on any atom is 0.226 e. The lowest BCUT2D eigenvalue weighted by atomic mass is 9.84. The van der Waals surface area contributed by atoms with Crippen LogP contribution in [-0.2, 0) is 0 Å². The summed E-state index contributed by atoms with van der Waals surface area (Å²) in [6, 6.07) is 19.8. The van der Waals surface area contributed by atoms with Crippen LogP contribution in [0.15, 0.2) is 72.6 Å². The van der Waals surface area contributed by atoms with Crippen LogP contribution >= 0.6 is 0 Å². The fraction of sp³-hybridized carbons (Fsp3) is 0.214. The first kappa shape index (κ1) is 22.0. The van der Waals surface area contributed by atoms with Gasteiger partial charge in [0.05, 0.1) is 27.0 Å². The van der Waals surface area contributed by atoms with E-state index in [-0.39, 0.29) is 6.04 Å². The molecule has 182 valence electrons. The zero-order valence-corrected chi connectivity index (χ0v) is 20.5. The van der Waals surface area contributed by atoms with Gasteiger partial charge in [-0.25, -0.2) is 4.68 Å². The lowest BCUT2D eigenvalue weighted by Gasteiger charge is -2.39. The van der Waals surface area contributed by atoms with Crippen molar-refractivity contribution >= 4 is 11.6 Å². The molecule has 3 aromatic carbocycles. The molecule has 36 heavy (non-hydrogen) atoms. The molecule has 0 fully saturated rings. The Morgan fingerprint density at radius 2 is 1.75 bits per heavy atom. The minimum Gasteiger partial charge on any atom is -0.497 e. The maximum atomic E-state index is 6.73. The van der Waals surface area contributed by atoms with Crippen LogP contribution in [-0.4, -0.2) is 36.1 Å². The molecule has 2 aliphatic rings. The van der Waals surface area contributed by atoms with Crippen molar-refractivity contribution in [2.45, 2.75) is 19.1 Å². The van der Waals surface area contributed by atoms with Crippen molar-refractivity contribution in [3.8, 4) is 23.0 Å². The highest BCUT2D eigenvalue weighted by molar-refractivity contribution is 5.85. The van der Waals surface area contributed by atoms with Crippen molar-refractivity contribution in [1.82, 2.24) is 14.8 Å². The van der Waals surface area contributed by atoms with E-state index in [2.05, 4.69) is 40.5 Å². The van der Waals surface area contributed by atoms with Crippen LogP contribution in [0.2, 0.25) is 0 Å². The molecule has 4 aromatic rings. The van der Waals surface area contributed by atoms with E-state index in [4.69, 9.17) is 18.9 Å². The summed E-state index contributed by atoms with van der Waals surface area (Å²) in [5.41, 5.74) is 6.06. The number of aromatic nitrogens is 3. The summed E-state index contributed by atoms with van der Waals surface area (Å²) >= 11 is 0. The van der Waals surface area contributed by atoms with E-state index in [0.717, 1.165) is 45.0 Å². The molecule has 8 nitrogen and oxygen atoms in total. The van der Waals surface area contributed by atoms with Crippen molar-refractivity contribution < 1.29 is 18.9 Å². The van der Waals surface area contributed by atoms with Gasteiger partial charge >= 0.3 is 0 Å². The third-order valence-electron chi connectivity index (χ3n) is 6.69. The first-order chi connectivity index (χ1) is 17.6. The Morgan fingerprint density at radius 3 is 2.56 bits per heavy atom. The first-order valence-corrected chi connectivity index (χ1v) is 11.7. The Labute approximate surface area is 209 Å². The van der Waals surface area contributed by atoms with Gasteiger partial charge < -0.3 is 24.3 Å². The van der Waals surface area contributed by atoms with E-state index < -0.39 is 6.10 Å². The summed E-state index contributed by atoms with van der Waals surface area (Å²) < 4.78 is 25.3. The number of fused-ring (bicyclic) bond motifs is 3. The fourth-order valence-electron chi connectivity index (χ4n) is 5.01. The van der Waals surface area contributed by atoms with Gasteiger partial charge in [0.25, 0.3) is 0 Å². The van der Waals surface area contributed by atoms with Crippen molar-refractivity contribution in [2.24, 2.45) is 0 Å². The standard InChI is InChI=1S/C28H26N4O4/c1-16-8-10-21-20(12-16)25-24(27(36-21)18-9-11-22(34-3)23(14-18)35-4)26(32-28(31-25)29-15-30-32)17-6-5-7-19(13-17)33-2/h5-15,26-27H,1-4H3,(H,29,30,31)/t26-,27+/m1/s1. The molecule has 6 rings (SSSR count). The highest BCUT2D eigenvalue weighted by atomic mass is 16.5. The molecule has 2 atom stereocenters. The van der Waals surface area contributed by atoms with Gasteiger partial charge in [0.15, 0.2) is 11.5 Å². The number of methoxy groups -OCH3 is 3. The average molecular weight is 483 g/mol. The quantitative estimate of drug-likeness (QED) is 0.420. The molecule has 3 heterocycles. The van der Waals surface area contributed by atoms with E-state index in [0.29, 0.717) is 17.4 Å². The number of hydrogen-bond acceptors (Lipinski definition) is 7. The highest BCUT2D eigenvalue weighted by Crippen LogP contribution is 2.51. The normalized spacial score (nSPS) is 17.8. The van der Waals surface area contributed by atoms with Crippen LogP contribution in [0.3, 0.4) is 0 Å². The molecule has 0 spiro atoms. The van der Waals surface area contributed by atoms with Gasteiger partial charge in [0, 0.05) is 16.7 Å². The van der Waals surface area contributed by atoms with Gasteiger partial charge in [-0.2, -0.15) is 10.1 Å². The summed E-state index contributed by atoms with van der Waals surface area (Å²) in [5.74, 6) is 3.53. The van der Waals surface area contributed by atoms with Crippen LogP contribution < -0.4 is 24.3 Å². The molecule has 0 saturated carbocycles. The summed E-state index contributed by atoms with van der Waals surface area (Å²) in [5, 5.41) is 8.14. The Bertz CT molecular complexity index is 1490. The SMILES string of the molecule is COc1cccc([C@@H]2C3=C(Nc4ncnn42)c2cc(C)ccc2O[C@H]3c2ccc(OC)c(OC)c2)c1. The van der Waals surface area contributed by atoms with E-state index in [1.165, 1.54) is 0 Å². The fourth-order valence-corrected chi connectivity index (χ4v) is 5.01. The lowest BCUT2D eigenvalue weighted by molar-refractivity contribution is 0.222. The molecule has 0 aliphatic carbocycles. The van der Waals surface area contributed by atoms with E-state index in [1.54, 1.807) is 27.7 Å². The van der Waals surface area contributed by atoms with Crippen molar-refractivity contribution in [2.75, 3.05) is 26.6 Å². The Kier molecular flexibility index (Phi) is 5.29. The molecular formula is C28H26N4O4. The van der Waals surface area contributed by atoms with Crippen LogP contribution in [0.25, 0.3) is 5.70 Å². The summed E-state index contributed by atoms with van der Waals surface area (Å²) in [6.07, 6.45) is 1.15. The van der Waals surface area contributed by atoms with Crippen molar-refractivity contribution in [3.63, 3.8) is 0 Å². The molecule has 0 unspecified atom stereocenters. The molecule has 0 radical (unpaired) electrons. The number of anilines is 1. The second-order valence-electron chi connectivity index (χ2n) is 8.77. The minimum absolute atomic E-state index is 0.277. The van der Waals surface area contributed by atoms with Crippen LogP contribution in [0.1, 0.15) is 34.4 Å². The largest absolute Gasteiger partial charge is 0.497 e. The molecule has 0 amide bonds.